The molecule has 0 aliphatic rings. The van der Waals surface area contributed by atoms with Crippen LogP contribution < -0.4 is 9.30 Å². The van der Waals surface area contributed by atoms with Crippen LogP contribution in [0.15, 0.2) is 110 Å². The molecule has 8 rings (SSSR count). The number of rotatable bonds is 7. The van der Waals surface area contributed by atoms with E-state index < -0.39 is 0 Å². The summed E-state index contributed by atoms with van der Waals surface area (Å²) in [6.07, 6.45) is 11.0. The SMILES string of the molecule is CC(C)(C)Cc1cc(CC(C)(C)C)cc(-[n+]2[c-]n(-c3[c-]c(Oc4[c-]c5c(cc4)c4ccccc4n5-c4cc(C(C)(C)C)ccn4)cnc3)c3ccccc32)c1.[Pt]. The molecule has 4 heterocycles. The van der Waals surface area contributed by atoms with Gasteiger partial charge in [-0.25, -0.2) is 4.98 Å². The van der Waals surface area contributed by atoms with Crippen LogP contribution in [0, 0.1) is 29.3 Å². The first-order valence-corrected chi connectivity index (χ1v) is 19.2. The molecule has 0 unspecified atom stereocenters. The fraction of sp³-hybridized carbons (Fsp3) is 0.286. The van der Waals surface area contributed by atoms with E-state index in [2.05, 4.69) is 180 Å². The summed E-state index contributed by atoms with van der Waals surface area (Å²) in [5.74, 6) is 1.90. The van der Waals surface area contributed by atoms with Crippen molar-refractivity contribution in [2.24, 2.45) is 10.8 Å². The summed E-state index contributed by atoms with van der Waals surface area (Å²) >= 11 is 0. The zero-order valence-corrected chi connectivity index (χ0v) is 36.0. The van der Waals surface area contributed by atoms with E-state index in [1.54, 1.807) is 12.4 Å². The Hall–Kier alpha value is -5.06. The molecule has 8 aromatic rings. The van der Waals surface area contributed by atoms with E-state index in [9.17, 15) is 0 Å². The molecule has 0 saturated carbocycles. The van der Waals surface area contributed by atoms with Gasteiger partial charge in [-0.1, -0.05) is 134 Å². The van der Waals surface area contributed by atoms with Gasteiger partial charge in [-0.05, 0) is 82.3 Å². The minimum absolute atomic E-state index is 0. The van der Waals surface area contributed by atoms with Gasteiger partial charge in [0.25, 0.3) is 6.33 Å². The van der Waals surface area contributed by atoms with Gasteiger partial charge in [0.2, 0.25) is 0 Å². The number of ether oxygens (including phenoxy) is 1. The summed E-state index contributed by atoms with van der Waals surface area (Å²) in [4.78, 5) is 9.44. The first-order valence-electron chi connectivity index (χ1n) is 19.2. The van der Waals surface area contributed by atoms with Crippen LogP contribution in [0.3, 0.4) is 0 Å². The number of aromatic nitrogens is 5. The molecule has 288 valence electrons. The molecule has 0 aliphatic heterocycles. The van der Waals surface area contributed by atoms with Gasteiger partial charge in [0, 0.05) is 44.3 Å². The minimum Gasteiger partial charge on any atom is -0.508 e. The van der Waals surface area contributed by atoms with Crippen molar-refractivity contribution in [3.63, 3.8) is 0 Å². The second-order valence-electron chi connectivity index (χ2n) is 18.2. The van der Waals surface area contributed by atoms with Crippen LogP contribution in [0.2, 0.25) is 0 Å². The van der Waals surface area contributed by atoms with Gasteiger partial charge in [0.15, 0.2) is 0 Å². The Morgan fingerprint density at radius 3 is 2.05 bits per heavy atom. The monoisotopic (exact) mass is 918 g/mol. The number of nitrogens with zero attached hydrogens (tertiary/aromatic N) is 5. The number of pyridine rings is 2. The summed E-state index contributed by atoms with van der Waals surface area (Å²) in [6, 6.07) is 39.2. The molecule has 0 atom stereocenters. The third kappa shape index (κ3) is 8.09. The number of hydrogen-bond acceptors (Lipinski definition) is 3. The van der Waals surface area contributed by atoms with Crippen molar-refractivity contribution in [1.82, 2.24) is 19.1 Å². The van der Waals surface area contributed by atoms with Crippen LogP contribution in [0.4, 0.5) is 0 Å². The van der Waals surface area contributed by atoms with Gasteiger partial charge in [-0.2, -0.15) is 6.07 Å². The van der Waals surface area contributed by atoms with Gasteiger partial charge in [-0.3, -0.25) is 4.57 Å². The molecule has 0 spiro atoms. The third-order valence-corrected chi connectivity index (χ3v) is 9.83. The van der Waals surface area contributed by atoms with Crippen molar-refractivity contribution in [2.45, 2.75) is 80.6 Å². The van der Waals surface area contributed by atoms with E-state index in [1.165, 1.54) is 16.7 Å². The summed E-state index contributed by atoms with van der Waals surface area (Å²) in [5, 5.41) is 2.22. The average Bonchev–Trinajstić information content (AvgIpc) is 3.66. The molecule has 4 aromatic carbocycles. The normalized spacial score (nSPS) is 12.4. The number of benzene rings is 4. The Balaban J connectivity index is 0.00000480. The summed E-state index contributed by atoms with van der Waals surface area (Å²) in [6.45, 7) is 20.4. The smallest absolute Gasteiger partial charge is 0.268 e. The molecule has 0 bridgehead atoms. The van der Waals surface area contributed by atoms with Crippen LogP contribution in [0.5, 0.6) is 11.5 Å². The van der Waals surface area contributed by atoms with Crippen LogP contribution in [0.1, 0.15) is 79.0 Å². The second-order valence-corrected chi connectivity index (χ2v) is 18.2. The van der Waals surface area contributed by atoms with E-state index in [-0.39, 0.29) is 37.3 Å². The predicted molar refractivity (Wildman–Crippen MR) is 223 cm³/mol. The first kappa shape index (κ1) is 39.2. The number of fused-ring (bicyclic) bond motifs is 4. The van der Waals surface area contributed by atoms with Crippen molar-refractivity contribution in [2.75, 3.05) is 0 Å². The van der Waals surface area contributed by atoms with Gasteiger partial charge in [0.1, 0.15) is 5.82 Å². The van der Waals surface area contributed by atoms with Gasteiger partial charge < -0.3 is 18.9 Å². The summed E-state index contributed by atoms with van der Waals surface area (Å²) < 4.78 is 12.9. The first-order chi connectivity index (χ1) is 26.1. The number of hydrogen-bond donors (Lipinski definition) is 0. The topological polar surface area (TPSA) is 48.8 Å². The maximum atomic E-state index is 6.50. The molecule has 7 heteroatoms. The number of imidazole rings is 1. The Kier molecular flexibility index (Phi) is 10.3. The summed E-state index contributed by atoms with van der Waals surface area (Å²) in [7, 11) is 0. The molecule has 6 nitrogen and oxygen atoms in total. The van der Waals surface area contributed by atoms with E-state index in [0.29, 0.717) is 11.5 Å². The predicted octanol–water partition coefficient (Wildman–Crippen LogP) is 11.5. The second kappa shape index (κ2) is 14.8. The molecule has 0 aliphatic carbocycles. The Morgan fingerprint density at radius 1 is 0.679 bits per heavy atom. The third-order valence-electron chi connectivity index (χ3n) is 9.83. The van der Waals surface area contributed by atoms with Crippen molar-refractivity contribution in [3.05, 3.63) is 145 Å². The van der Waals surface area contributed by atoms with Gasteiger partial charge in [0.05, 0.1) is 16.7 Å². The Labute approximate surface area is 345 Å². The molecule has 0 radical (unpaired) electrons. The largest absolute Gasteiger partial charge is 0.508 e. The van der Waals surface area contributed by atoms with Crippen LogP contribution in [-0.2, 0) is 39.3 Å². The van der Waals surface area contributed by atoms with Crippen molar-refractivity contribution >= 4 is 32.8 Å². The van der Waals surface area contributed by atoms with Crippen LogP contribution in [0.25, 0.3) is 50.0 Å². The molecule has 4 aromatic heterocycles. The maximum absolute atomic E-state index is 6.50. The van der Waals surface area contributed by atoms with Gasteiger partial charge >= 0.3 is 0 Å². The quantitative estimate of drug-likeness (QED) is 0.118. The fourth-order valence-corrected chi connectivity index (χ4v) is 7.56. The van der Waals surface area contributed by atoms with Crippen molar-refractivity contribution in [1.29, 1.82) is 0 Å². The molecule has 0 N–H and O–H groups in total. The van der Waals surface area contributed by atoms with Crippen molar-refractivity contribution in [3.8, 4) is 28.7 Å². The summed E-state index contributed by atoms with van der Waals surface area (Å²) in [5.41, 5.74) is 10.0. The maximum Gasteiger partial charge on any atom is 0.268 e. The van der Waals surface area contributed by atoms with Crippen LogP contribution in [-0.4, -0.2) is 19.1 Å². The van der Waals surface area contributed by atoms with E-state index in [1.807, 2.05) is 16.8 Å². The molecular formula is C49H49N5OPt-2. The zero-order chi connectivity index (χ0) is 38.7. The van der Waals surface area contributed by atoms with Crippen LogP contribution >= 0.6 is 0 Å². The van der Waals surface area contributed by atoms with E-state index in [0.717, 1.165) is 62.9 Å². The standard InChI is InChI=1S/C49H49N5O.Pt/c1-47(2,3)28-33-22-34(29-48(4,5)6)24-36(23-33)52-32-53(44-17-13-12-16-43(44)52)37-26-39(31-50-30-37)55-38-18-19-41-40-14-10-11-15-42(40)54(45(41)27-38)46-25-35(20-21-51-46)49(7,8)9;/h10-25,30-31H,28-29H2,1-9H3;/q-2;. The Bertz CT molecular complexity index is 2670. The molecule has 0 amide bonds. The molecule has 56 heavy (non-hydrogen) atoms. The molecular weight excluding hydrogens is 870 g/mol. The zero-order valence-electron chi connectivity index (χ0n) is 33.8. The van der Waals surface area contributed by atoms with Crippen molar-refractivity contribution < 1.29 is 30.4 Å². The van der Waals surface area contributed by atoms with E-state index in [4.69, 9.17) is 9.72 Å². The number of para-hydroxylation sites is 3. The molecule has 0 fully saturated rings. The molecule has 0 saturated heterocycles. The van der Waals surface area contributed by atoms with Gasteiger partial charge in [-0.15, -0.1) is 23.6 Å². The average molecular weight is 919 g/mol. The fourth-order valence-electron chi connectivity index (χ4n) is 7.56. The van der Waals surface area contributed by atoms with E-state index >= 15 is 0 Å². The Morgan fingerprint density at radius 2 is 1.36 bits per heavy atom. The minimum atomic E-state index is -0.0183.